The zero-order valence-corrected chi connectivity index (χ0v) is 30.1. The minimum Gasteiger partial charge on any atom is -0.348 e. The molecule has 0 radical (unpaired) electrons. The van der Waals surface area contributed by atoms with Crippen molar-refractivity contribution in [3.8, 4) is 22.3 Å². The highest BCUT2D eigenvalue weighted by Crippen LogP contribution is 2.36. The largest absolute Gasteiger partial charge is 0.348 e. The molecule has 0 saturated carbocycles. The lowest BCUT2D eigenvalue weighted by atomic mass is 9.95. The van der Waals surface area contributed by atoms with Gasteiger partial charge in [-0.05, 0) is 75.6 Å². The van der Waals surface area contributed by atoms with Crippen LogP contribution in [0.4, 0.5) is 8.78 Å². The number of rotatable bonds is 18. The normalized spacial score (nSPS) is 23.8. The molecule has 0 amide bonds. The first kappa shape index (κ1) is 38.1. The third-order valence-corrected chi connectivity index (χ3v) is 10.4. The third-order valence-electron chi connectivity index (χ3n) is 10.4. The summed E-state index contributed by atoms with van der Waals surface area (Å²) in [5, 5.41) is 0. The summed E-state index contributed by atoms with van der Waals surface area (Å²) in [5.74, 6) is -0.00577. The van der Waals surface area contributed by atoms with Crippen LogP contribution in [0, 0.1) is 23.5 Å². The standard InChI is InChI=1S/C44H56F2O4/c1-5-7-9-11-13-15-17-37-29-47-43(49-31(37)3)35-23-25-39(41(45)27-35)33-19-21-34(22-20-33)40-26-24-36(28-42(40)46)44-48-30-38(32(4)50-44)18-16-14-12-10-8-6-2/h5-6,19-28,31-32,37-38,43-44H,1-2,7-18,29-30H2,3-4H3. The molecule has 50 heavy (non-hydrogen) atoms. The van der Waals surface area contributed by atoms with Gasteiger partial charge in [-0.2, -0.15) is 0 Å². The van der Waals surface area contributed by atoms with Crippen molar-refractivity contribution in [3.05, 3.63) is 109 Å². The maximum atomic E-state index is 15.4. The molecule has 6 heteroatoms. The molecule has 0 aliphatic carbocycles. The van der Waals surface area contributed by atoms with E-state index < -0.39 is 12.6 Å². The molecule has 5 rings (SSSR count). The maximum Gasteiger partial charge on any atom is 0.184 e. The van der Waals surface area contributed by atoms with Gasteiger partial charge in [0, 0.05) is 34.1 Å². The highest BCUT2D eigenvalue weighted by Gasteiger charge is 2.31. The Labute approximate surface area is 298 Å². The van der Waals surface area contributed by atoms with Crippen molar-refractivity contribution in [1.82, 2.24) is 0 Å². The molecule has 0 spiro atoms. The van der Waals surface area contributed by atoms with E-state index in [1.54, 1.807) is 12.1 Å². The van der Waals surface area contributed by atoms with Crippen LogP contribution in [-0.4, -0.2) is 25.4 Å². The molecule has 2 saturated heterocycles. The Morgan fingerprint density at radius 1 is 0.580 bits per heavy atom. The molecule has 3 aromatic rings. The molecule has 0 bridgehead atoms. The molecule has 4 nitrogen and oxygen atoms in total. The molecule has 2 fully saturated rings. The predicted octanol–water partition coefficient (Wildman–Crippen LogP) is 12.5. The average molecular weight is 687 g/mol. The molecule has 6 unspecified atom stereocenters. The van der Waals surface area contributed by atoms with Crippen molar-refractivity contribution in [2.45, 2.75) is 116 Å². The van der Waals surface area contributed by atoms with Crippen LogP contribution in [0.15, 0.2) is 86.0 Å². The summed E-state index contributed by atoms with van der Waals surface area (Å²) >= 11 is 0. The number of hydrogen-bond donors (Lipinski definition) is 0. The van der Waals surface area contributed by atoms with E-state index in [2.05, 4.69) is 27.0 Å². The lowest BCUT2D eigenvalue weighted by Crippen LogP contribution is -2.34. The summed E-state index contributed by atoms with van der Waals surface area (Å²) in [6.45, 7) is 13.0. The zero-order valence-electron chi connectivity index (χ0n) is 30.1. The predicted molar refractivity (Wildman–Crippen MR) is 198 cm³/mol. The summed E-state index contributed by atoms with van der Waals surface area (Å²) in [6.07, 6.45) is 16.7. The van der Waals surface area contributed by atoms with Crippen molar-refractivity contribution in [3.63, 3.8) is 0 Å². The Kier molecular flexibility index (Phi) is 14.8. The summed E-state index contributed by atoms with van der Waals surface area (Å²) in [4.78, 5) is 0. The van der Waals surface area contributed by atoms with Crippen LogP contribution in [-0.2, 0) is 18.9 Å². The van der Waals surface area contributed by atoms with Crippen molar-refractivity contribution < 1.29 is 27.7 Å². The monoisotopic (exact) mass is 686 g/mol. The van der Waals surface area contributed by atoms with Crippen molar-refractivity contribution in [2.75, 3.05) is 13.2 Å². The van der Waals surface area contributed by atoms with Crippen LogP contribution in [0.25, 0.3) is 22.3 Å². The highest BCUT2D eigenvalue weighted by atomic mass is 19.1. The van der Waals surface area contributed by atoms with Gasteiger partial charge in [0.25, 0.3) is 0 Å². The average Bonchev–Trinajstić information content (AvgIpc) is 3.12. The molecule has 3 aromatic carbocycles. The second-order valence-corrected chi connectivity index (χ2v) is 14.1. The summed E-state index contributed by atoms with van der Waals surface area (Å²) in [7, 11) is 0. The first-order valence-corrected chi connectivity index (χ1v) is 18.8. The van der Waals surface area contributed by atoms with E-state index in [0.717, 1.165) is 38.5 Å². The molecule has 2 heterocycles. The van der Waals surface area contributed by atoms with Crippen LogP contribution in [0.1, 0.15) is 115 Å². The van der Waals surface area contributed by atoms with E-state index in [9.17, 15) is 0 Å². The summed E-state index contributed by atoms with van der Waals surface area (Å²) < 4.78 is 55.3. The minimum atomic E-state index is -0.581. The van der Waals surface area contributed by atoms with E-state index in [1.165, 1.54) is 50.7 Å². The van der Waals surface area contributed by atoms with Gasteiger partial charge in [0.05, 0.1) is 25.4 Å². The van der Waals surface area contributed by atoms with Crippen molar-refractivity contribution >= 4 is 0 Å². The van der Waals surface area contributed by atoms with Gasteiger partial charge >= 0.3 is 0 Å². The second kappa shape index (κ2) is 19.4. The van der Waals surface area contributed by atoms with Crippen LogP contribution >= 0.6 is 0 Å². The van der Waals surface area contributed by atoms with Crippen LogP contribution in [0.3, 0.4) is 0 Å². The van der Waals surface area contributed by atoms with E-state index in [1.807, 2.05) is 48.6 Å². The Balaban J connectivity index is 1.12. The zero-order chi connectivity index (χ0) is 35.3. The van der Waals surface area contributed by atoms with Crippen LogP contribution in [0.2, 0.25) is 0 Å². The quantitative estimate of drug-likeness (QED) is 0.0986. The van der Waals surface area contributed by atoms with E-state index in [4.69, 9.17) is 18.9 Å². The molecule has 2 aliphatic heterocycles. The number of halogens is 2. The van der Waals surface area contributed by atoms with Crippen LogP contribution in [0.5, 0.6) is 0 Å². The molecule has 2 aliphatic rings. The number of allylic oxidation sites excluding steroid dienone is 2. The number of unbranched alkanes of at least 4 members (excludes halogenated alkanes) is 8. The van der Waals surface area contributed by atoms with E-state index >= 15 is 8.78 Å². The number of ether oxygens (including phenoxy) is 4. The van der Waals surface area contributed by atoms with Gasteiger partial charge in [-0.1, -0.05) is 99.2 Å². The minimum absolute atomic E-state index is 0.0442. The van der Waals surface area contributed by atoms with Gasteiger partial charge in [-0.15, -0.1) is 13.2 Å². The molecular weight excluding hydrogens is 630 g/mol. The lowest BCUT2D eigenvalue weighted by molar-refractivity contribution is -0.237. The first-order chi connectivity index (χ1) is 24.4. The molecular formula is C44H56F2O4. The highest BCUT2D eigenvalue weighted by molar-refractivity contribution is 5.71. The fourth-order valence-corrected chi connectivity index (χ4v) is 7.12. The Morgan fingerprint density at radius 2 is 0.980 bits per heavy atom. The van der Waals surface area contributed by atoms with E-state index in [-0.39, 0.29) is 23.8 Å². The number of benzene rings is 3. The lowest BCUT2D eigenvalue weighted by Gasteiger charge is -2.35. The van der Waals surface area contributed by atoms with Crippen molar-refractivity contribution in [2.24, 2.45) is 11.8 Å². The fourth-order valence-electron chi connectivity index (χ4n) is 7.12. The summed E-state index contributed by atoms with van der Waals surface area (Å²) in [5.41, 5.74) is 3.72. The molecule has 270 valence electrons. The molecule has 6 atom stereocenters. The Bertz CT molecular complexity index is 1390. The van der Waals surface area contributed by atoms with Gasteiger partial charge in [-0.25, -0.2) is 8.78 Å². The Morgan fingerprint density at radius 3 is 1.34 bits per heavy atom. The number of hydrogen-bond acceptors (Lipinski definition) is 4. The van der Waals surface area contributed by atoms with Gasteiger partial charge in [-0.3, -0.25) is 0 Å². The van der Waals surface area contributed by atoms with Crippen LogP contribution < -0.4 is 0 Å². The summed E-state index contributed by atoms with van der Waals surface area (Å²) in [6, 6.07) is 17.6. The molecule has 0 N–H and O–H groups in total. The van der Waals surface area contributed by atoms with Gasteiger partial charge < -0.3 is 18.9 Å². The third kappa shape index (κ3) is 10.4. The topological polar surface area (TPSA) is 36.9 Å². The van der Waals surface area contributed by atoms with Crippen molar-refractivity contribution in [1.29, 1.82) is 0 Å². The van der Waals surface area contributed by atoms with Gasteiger partial charge in [0.1, 0.15) is 11.6 Å². The smallest absolute Gasteiger partial charge is 0.184 e. The fraction of sp³-hybridized carbons (Fsp3) is 0.500. The molecule has 0 aromatic heterocycles. The van der Waals surface area contributed by atoms with E-state index in [0.29, 0.717) is 58.4 Å². The SMILES string of the molecule is C=CCCCCCCC1COC(c2ccc(-c3ccc(-c4ccc(C5OCC(CCCCCCC=C)C(C)O5)cc4F)cc3)c(F)c2)OC1C. The second-order valence-electron chi connectivity index (χ2n) is 14.1. The first-order valence-electron chi connectivity index (χ1n) is 18.8. The van der Waals surface area contributed by atoms with Gasteiger partial charge in [0.2, 0.25) is 0 Å². The van der Waals surface area contributed by atoms with Gasteiger partial charge in [0.15, 0.2) is 12.6 Å². The maximum absolute atomic E-state index is 15.4. The Hall–Kier alpha value is -3.16.